The van der Waals surface area contributed by atoms with Crippen molar-refractivity contribution in [1.29, 1.82) is 0 Å². The second kappa shape index (κ2) is 6.41. The molecule has 1 aromatic rings. The van der Waals surface area contributed by atoms with Gasteiger partial charge in [0.15, 0.2) is 0 Å². The highest BCUT2D eigenvalue weighted by Gasteiger charge is 2.21. The molecule has 0 spiro atoms. The van der Waals surface area contributed by atoms with Crippen LogP contribution < -0.4 is 10.1 Å². The van der Waals surface area contributed by atoms with Gasteiger partial charge in [-0.1, -0.05) is 15.9 Å². The Bertz CT molecular complexity index is 331. The van der Waals surface area contributed by atoms with Crippen LogP contribution in [0.3, 0.4) is 0 Å². The van der Waals surface area contributed by atoms with E-state index in [0.717, 1.165) is 22.7 Å². The van der Waals surface area contributed by atoms with Crippen LogP contribution in [0.1, 0.15) is 25.7 Å². The molecule has 2 nitrogen and oxygen atoms in total. The second-order valence-electron chi connectivity index (χ2n) is 4.77. The third-order valence-corrected chi connectivity index (χ3v) is 3.93. The van der Waals surface area contributed by atoms with Crippen molar-refractivity contribution in [2.75, 3.05) is 13.6 Å². The maximum atomic E-state index is 6.00. The largest absolute Gasteiger partial charge is 0.490 e. The number of ether oxygens (including phenoxy) is 1. The molecule has 3 heteroatoms. The van der Waals surface area contributed by atoms with Gasteiger partial charge in [0.2, 0.25) is 0 Å². The number of halogens is 1. The maximum Gasteiger partial charge on any atom is 0.119 e. The first kappa shape index (κ1) is 12.9. The van der Waals surface area contributed by atoms with E-state index >= 15 is 0 Å². The molecule has 0 radical (unpaired) electrons. The van der Waals surface area contributed by atoms with Gasteiger partial charge < -0.3 is 10.1 Å². The summed E-state index contributed by atoms with van der Waals surface area (Å²) >= 11 is 3.43. The lowest BCUT2D eigenvalue weighted by atomic mass is 9.87. The summed E-state index contributed by atoms with van der Waals surface area (Å²) in [6.07, 6.45) is 5.33. The molecule has 1 fully saturated rings. The molecular weight excluding hydrogens is 278 g/mol. The van der Waals surface area contributed by atoms with Gasteiger partial charge in [0, 0.05) is 4.47 Å². The van der Waals surface area contributed by atoms with Crippen molar-refractivity contribution in [2.45, 2.75) is 31.8 Å². The average Bonchev–Trinajstić information content (AvgIpc) is 2.35. The van der Waals surface area contributed by atoms with E-state index in [0.29, 0.717) is 6.10 Å². The van der Waals surface area contributed by atoms with E-state index in [4.69, 9.17) is 4.74 Å². The van der Waals surface area contributed by atoms with E-state index in [-0.39, 0.29) is 0 Å². The molecule has 0 heterocycles. The minimum atomic E-state index is 0.407. The molecule has 0 unspecified atom stereocenters. The van der Waals surface area contributed by atoms with Crippen LogP contribution in [0.5, 0.6) is 5.75 Å². The van der Waals surface area contributed by atoms with Crippen molar-refractivity contribution in [1.82, 2.24) is 5.32 Å². The van der Waals surface area contributed by atoms with Gasteiger partial charge in [0.25, 0.3) is 0 Å². The Kier molecular flexibility index (Phi) is 4.86. The summed E-state index contributed by atoms with van der Waals surface area (Å²) in [6.45, 7) is 1.14. The lowest BCUT2D eigenvalue weighted by Gasteiger charge is -2.28. The van der Waals surface area contributed by atoms with Crippen molar-refractivity contribution < 1.29 is 4.74 Å². The highest BCUT2D eigenvalue weighted by molar-refractivity contribution is 9.10. The number of hydrogen-bond donors (Lipinski definition) is 1. The van der Waals surface area contributed by atoms with Gasteiger partial charge in [-0.05, 0) is 69.5 Å². The molecular formula is C14H20BrNO. The highest BCUT2D eigenvalue weighted by atomic mass is 79.9. The van der Waals surface area contributed by atoms with E-state index in [1.54, 1.807) is 0 Å². The molecule has 94 valence electrons. The number of nitrogens with one attached hydrogen (secondary N) is 1. The van der Waals surface area contributed by atoms with Crippen molar-refractivity contribution >= 4 is 15.9 Å². The second-order valence-corrected chi connectivity index (χ2v) is 5.69. The van der Waals surface area contributed by atoms with Crippen LogP contribution in [0.25, 0.3) is 0 Å². The van der Waals surface area contributed by atoms with Crippen molar-refractivity contribution in [2.24, 2.45) is 5.92 Å². The Morgan fingerprint density at radius 1 is 1.18 bits per heavy atom. The quantitative estimate of drug-likeness (QED) is 0.917. The van der Waals surface area contributed by atoms with Gasteiger partial charge >= 0.3 is 0 Å². The van der Waals surface area contributed by atoms with E-state index in [1.165, 1.54) is 25.7 Å². The fraction of sp³-hybridized carbons (Fsp3) is 0.571. The van der Waals surface area contributed by atoms with Crippen LogP contribution >= 0.6 is 15.9 Å². The Hall–Kier alpha value is -0.540. The molecule has 1 aliphatic carbocycles. The lowest BCUT2D eigenvalue weighted by Crippen LogP contribution is -2.28. The van der Waals surface area contributed by atoms with Crippen molar-refractivity contribution in [3.8, 4) is 5.75 Å². The molecule has 1 saturated carbocycles. The molecule has 0 bridgehead atoms. The predicted octanol–water partition coefficient (Wildman–Crippen LogP) is 3.61. The molecule has 17 heavy (non-hydrogen) atoms. The van der Waals surface area contributed by atoms with Crippen LogP contribution in [0.2, 0.25) is 0 Å². The van der Waals surface area contributed by atoms with Gasteiger partial charge in [-0.2, -0.15) is 0 Å². The first-order valence-corrected chi connectivity index (χ1v) is 7.14. The molecule has 1 N–H and O–H groups in total. The Labute approximate surface area is 112 Å². The summed E-state index contributed by atoms with van der Waals surface area (Å²) in [4.78, 5) is 0. The predicted molar refractivity (Wildman–Crippen MR) is 74.4 cm³/mol. The zero-order chi connectivity index (χ0) is 12.1. The molecule has 0 aromatic heterocycles. The Morgan fingerprint density at radius 2 is 1.82 bits per heavy atom. The summed E-state index contributed by atoms with van der Waals surface area (Å²) in [6, 6.07) is 8.12. The van der Waals surface area contributed by atoms with Crippen LogP contribution in [0.15, 0.2) is 28.7 Å². The fourth-order valence-electron chi connectivity index (χ4n) is 2.45. The van der Waals surface area contributed by atoms with Crippen LogP contribution in [0, 0.1) is 5.92 Å². The molecule has 2 rings (SSSR count). The lowest BCUT2D eigenvalue weighted by molar-refractivity contribution is 0.131. The Balaban J connectivity index is 1.79. The highest BCUT2D eigenvalue weighted by Crippen LogP contribution is 2.27. The molecule has 1 aromatic carbocycles. The summed E-state index contributed by atoms with van der Waals surface area (Å²) in [5.74, 6) is 1.83. The first-order valence-electron chi connectivity index (χ1n) is 6.34. The summed E-state index contributed by atoms with van der Waals surface area (Å²) in [5.41, 5.74) is 0. The standard InChI is InChI=1S/C14H20BrNO/c1-16-10-11-2-6-13(7-3-11)17-14-8-4-12(15)5-9-14/h4-5,8-9,11,13,16H,2-3,6-7,10H2,1H3. The molecule has 0 amide bonds. The van der Waals surface area contributed by atoms with Gasteiger partial charge in [-0.15, -0.1) is 0 Å². The summed E-state index contributed by atoms with van der Waals surface area (Å²) in [5, 5.41) is 3.26. The van der Waals surface area contributed by atoms with E-state index in [9.17, 15) is 0 Å². The van der Waals surface area contributed by atoms with Crippen LogP contribution in [-0.2, 0) is 0 Å². The number of hydrogen-bond acceptors (Lipinski definition) is 2. The SMILES string of the molecule is CNCC1CCC(Oc2ccc(Br)cc2)CC1. The van der Waals surface area contributed by atoms with Gasteiger partial charge in [-0.25, -0.2) is 0 Å². The monoisotopic (exact) mass is 297 g/mol. The third-order valence-electron chi connectivity index (χ3n) is 3.40. The van der Waals surface area contributed by atoms with Gasteiger partial charge in [-0.3, -0.25) is 0 Å². The maximum absolute atomic E-state index is 6.00. The molecule has 0 atom stereocenters. The smallest absolute Gasteiger partial charge is 0.119 e. The minimum absolute atomic E-state index is 0.407. The van der Waals surface area contributed by atoms with Gasteiger partial charge in [0.05, 0.1) is 6.10 Å². The van der Waals surface area contributed by atoms with Gasteiger partial charge in [0.1, 0.15) is 5.75 Å². The Morgan fingerprint density at radius 3 is 2.41 bits per heavy atom. The van der Waals surface area contributed by atoms with E-state index in [1.807, 2.05) is 31.3 Å². The van der Waals surface area contributed by atoms with Crippen LogP contribution in [-0.4, -0.2) is 19.7 Å². The number of rotatable bonds is 4. The zero-order valence-electron chi connectivity index (χ0n) is 10.3. The average molecular weight is 298 g/mol. The molecule has 1 aliphatic rings. The molecule has 0 aliphatic heterocycles. The third kappa shape index (κ3) is 4.00. The first-order chi connectivity index (χ1) is 8.28. The fourth-order valence-corrected chi connectivity index (χ4v) is 2.71. The van der Waals surface area contributed by atoms with Crippen molar-refractivity contribution in [3.63, 3.8) is 0 Å². The van der Waals surface area contributed by atoms with Crippen molar-refractivity contribution in [3.05, 3.63) is 28.7 Å². The minimum Gasteiger partial charge on any atom is -0.490 e. The topological polar surface area (TPSA) is 21.3 Å². The van der Waals surface area contributed by atoms with E-state index < -0.39 is 0 Å². The number of benzene rings is 1. The normalized spacial score (nSPS) is 24.6. The summed E-state index contributed by atoms with van der Waals surface area (Å²) < 4.78 is 7.10. The molecule has 0 saturated heterocycles. The van der Waals surface area contributed by atoms with Crippen LogP contribution in [0.4, 0.5) is 0 Å². The zero-order valence-corrected chi connectivity index (χ0v) is 11.9. The van der Waals surface area contributed by atoms with E-state index in [2.05, 4.69) is 21.2 Å². The summed E-state index contributed by atoms with van der Waals surface area (Å²) in [7, 11) is 2.03.